The van der Waals surface area contributed by atoms with Gasteiger partial charge in [-0.25, -0.2) is 0 Å². The molecule has 1 heterocycles. The lowest BCUT2D eigenvalue weighted by atomic mass is 9.12. The Labute approximate surface area is 416 Å². The maximum absolute atomic E-state index is 14.2. The van der Waals surface area contributed by atoms with Crippen LogP contribution >= 0.6 is 0 Å². The average Bonchev–Trinajstić information content (AvgIpc) is 3.29. The number of hydrogen-bond donors (Lipinski definition) is 0. The second kappa shape index (κ2) is 21.0. The van der Waals surface area contributed by atoms with Crippen LogP contribution in [0.4, 0.5) is 105 Å². The Kier molecular flexibility index (Phi) is 16.6. The molecule has 0 radical (unpaired) electrons. The lowest BCUT2D eigenvalue weighted by Gasteiger charge is -2.46. The van der Waals surface area contributed by atoms with Gasteiger partial charge in [0.05, 0.1) is 50.7 Å². The predicted octanol–water partition coefficient (Wildman–Crippen LogP) is 13.3. The highest BCUT2D eigenvalue weighted by Crippen LogP contribution is 2.41. The smallest absolute Gasteiger partial charge is 0.287 e. The average molecular weight is 1130 g/mol. The van der Waals surface area contributed by atoms with Gasteiger partial charge in [-0.1, -0.05) is 92.7 Å². The molecule has 0 atom stereocenters. The van der Waals surface area contributed by atoms with Gasteiger partial charge in [-0.2, -0.15) is 132 Å². The Morgan fingerprint density at radius 1 is 0.429 bits per heavy atom. The zero-order valence-corrected chi connectivity index (χ0v) is 38.2. The fourth-order valence-electron chi connectivity index (χ4n) is 7.97. The summed E-state index contributed by atoms with van der Waals surface area (Å²) in [6, 6.07) is 0.247. The number of aromatic nitrogens is 2. The number of halogens is 24. The van der Waals surface area contributed by atoms with Crippen molar-refractivity contribution in [3.63, 3.8) is 0 Å². The van der Waals surface area contributed by atoms with Gasteiger partial charge in [0.25, 0.3) is 5.69 Å². The first-order chi connectivity index (χ1) is 34.9. The third kappa shape index (κ3) is 14.1. The molecule has 0 spiro atoms. The second-order valence-corrected chi connectivity index (χ2v) is 17.1. The molecule has 6 rings (SSSR count). The Balaban J connectivity index is 0.000000455. The normalized spacial score (nSPS) is 13.3. The Morgan fingerprint density at radius 2 is 0.688 bits per heavy atom. The number of alkyl halides is 24. The van der Waals surface area contributed by atoms with Crippen molar-refractivity contribution in [1.29, 1.82) is 0 Å². The summed E-state index contributed by atoms with van der Waals surface area (Å²) in [7, 11) is 0. The number of carbonyl (C=O) groups excluding carboxylic acids is 2. The summed E-state index contributed by atoms with van der Waals surface area (Å²) in [6.45, 7) is 3.80. The number of benzene rings is 5. The van der Waals surface area contributed by atoms with E-state index < -0.39 is 195 Å². The minimum atomic E-state index is -6.13. The van der Waals surface area contributed by atoms with Crippen molar-refractivity contribution in [2.75, 3.05) is 0 Å². The summed E-state index contributed by atoms with van der Waals surface area (Å²) >= 11 is 0. The highest BCUT2D eigenvalue weighted by molar-refractivity contribution is 7.20. The zero-order valence-electron chi connectivity index (χ0n) is 38.2. The van der Waals surface area contributed by atoms with Crippen LogP contribution < -0.4 is 26.4 Å². The first-order valence-electron chi connectivity index (χ1n) is 21.2. The topological polar surface area (TPSA) is 50.9 Å². The second-order valence-electron chi connectivity index (χ2n) is 17.1. The summed E-state index contributed by atoms with van der Waals surface area (Å²) in [5, 5.41) is 0. The van der Waals surface area contributed by atoms with Gasteiger partial charge in [0.15, 0.2) is 6.20 Å². The lowest BCUT2D eigenvalue weighted by molar-refractivity contribution is -0.685. The number of nitrogens with zero attached hydrogens (tertiary/aromatic N) is 2. The van der Waals surface area contributed by atoms with E-state index in [-0.39, 0.29) is 24.0 Å². The van der Waals surface area contributed by atoms with E-state index in [1.54, 1.807) is 29.1 Å². The van der Waals surface area contributed by atoms with Gasteiger partial charge in [-0.3, -0.25) is 14.6 Å². The van der Waals surface area contributed by atoms with Crippen LogP contribution in [0, 0.1) is 5.92 Å². The van der Waals surface area contributed by atoms with E-state index in [1.807, 2.05) is 32.0 Å². The van der Waals surface area contributed by atoms with Crippen LogP contribution in [0.5, 0.6) is 0 Å². The number of hydrogen-bond acceptors (Lipinski definition) is 3. The third-order valence-corrected chi connectivity index (χ3v) is 11.5. The van der Waals surface area contributed by atoms with Crippen molar-refractivity contribution < 1.29 is 120 Å². The summed E-state index contributed by atoms with van der Waals surface area (Å²) in [4.78, 5) is 28.3. The minimum absolute atomic E-state index is 0.0149. The molecule has 6 aromatic rings. The number of Topliss-reactive ketones (excluding diaryl/α,β-unsaturated/α-hetero) is 2. The maximum atomic E-state index is 14.2. The molecule has 0 N–H and O–H groups in total. The summed E-state index contributed by atoms with van der Waals surface area (Å²) in [6.07, 6.45) is -50.0. The minimum Gasteiger partial charge on any atom is -0.287 e. The lowest BCUT2D eigenvalue weighted by Crippen LogP contribution is -2.75. The van der Waals surface area contributed by atoms with Crippen LogP contribution in [0.25, 0.3) is 0 Å². The van der Waals surface area contributed by atoms with Crippen molar-refractivity contribution in [3.05, 3.63) is 177 Å². The molecule has 0 fully saturated rings. The molecule has 0 aliphatic carbocycles. The van der Waals surface area contributed by atoms with Crippen molar-refractivity contribution in [2.24, 2.45) is 5.92 Å². The first kappa shape index (κ1) is 60.8. The van der Waals surface area contributed by atoms with E-state index in [4.69, 9.17) is 0 Å². The molecule has 5 aromatic carbocycles. The summed E-state index contributed by atoms with van der Waals surface area (Å²) in [5.41, 5.74) is -29.1. The molecule has 4 nitrogen and oxygen atoms in total. The number of rotatable bonds is 9. The largest absolute Gasteiger partial charge is 0.416 e. The third-order valence-electron chi connectivity index (χ3n) is 11.5. The predicted molar refractivity (Wildman–Crippen MR) is 224 cm³/mol. The van der Waals surface area contributed by atoms with Crippen LogP contribution in [-0.2, 0) is 56.0 Å². The van der Waals surface area contributed by atoms with Gasteiger partial charge in [0.1, 0.15) is 12.3 Å². The first-order valence-corrected chi connectivity index (χ1v) is 21.2. The number of ketones is 2. The van der Waals surface area contributed by atoms with E-state index >= 15 is 0 Å². The molecule has 414 valence electrons. The Morgan fingerprint density at radius 3 is 0.922 bits per heavy atom. The van der Waals surface area contributed by atoms with Crippen LogP contribution in [0.1, 0.15) is 79.2 Å². The van der Waals surface area contributed by atoms with Crippen molar-refractivity contribution >= 4 is 39.6 Å². The van der Waals surface area contributed by atoms with Crippen molar-refractivity contribution in [2.45, 2.75) is 69.8 Å². The van der Waals surface area contributed by atoms with Crippen molar-refractivity contribution in [1.82, 2.24) is 4.98 Å². The van der Waals surface area contributed by atoms with Gasteiger partial charge in [-0.05, 0) is 24.3 Å². The van der Waals surface area contributed by atoms with Gasteiger partial charge in [0.2, 0.25) is 18.1 Å². The van der Waals surface area contributed by atoms with Crippen LogP contribution in [0.15, 0.2) is 122 Å². The van der Waals surface area contributed by atoms with Crippen LogP contribution in [0.2, 0.25) is 0 Å². The standard InChI is InChI=1S/C32H12BF24.C16H17N2O2/c34-25(35,36)13-1-14(26(37,38)39)6-21(5-13)33(22-7-15(27(40,41)42)2-16(8-22)28(43,44)45,23-9-17(29(46,47)48)3-18(10-23)30(49,50)51)24-11-19(31(52,53)54)4-20(12-24)32(55,56)57;1-12(2)16(20)14-10-17-8-9-18(14)11-15(19)13-6-4-3-5-7-13/h1-12H;3-10,12H,11H2,1-2H3/q-1;+1. The fraction of sp³-hybridized carbons (Fsp3) is 0.250. The molecule has 0 bridgehead atoms. The van der Waals surface area contributed by atoms with E-state index in [1.165, 1.54) is 6.20 Å². The fourth-order valence-corrected chi connectivity index (χ4v) is 7.97. The molecule has 0 aliphatic heterocycles. The molecular formula is C48H29BF24N2O2. The number of carbonyl (C=O) groups is 2. The molecule has 0 aliphatic rings. The van der Waals surface area contributed by atoms with Crippen LogP contribution in [-0.4, -0.2) is 22.7 Å². The maximum Gasteiger partial charge on any atom is 0.416 e. The molecule has 0 saturated heterocycles. The molecular weight excluding hydrogens is 1100 g/mol. The zero-order chi connectivity index (χ0) is 58.4. The molecule has 1 aromatic heterocycles. The Bertz CT molecular complexity index is 2690. The van der Waals surface area contributed by atoms with Crippen molar-refractivity contribution in [3.8, 4) is 0 Å². The highest BCUT2D eigenvalue weighted by Gasteiger charge is 2.47. The quantitative estimate of drug-likeness (QED) is 0.0627. The van der Waals surface area contributed by atoms with Crippen LogP contribution in [0.3, 0.4) is 0 Å². The van der Waals surface area contributed by atoms with E-state index in [0.29, 0.717) is 11.3 Å². The van der Waals surface area contributed by atoms with E-state index in [0.717, 1.165) is 0 Å². The van der Waals surface area contributed by atoms with Gasteiger partial charge in [-0.15, -0.1) is 0 Å². The van der Waals surface area contributed by atoms with Gasteiger partial charge < -0.3 is 0 Å². The molecule has 77 heavy (non-hydrogen) atoms. The summed E-state index contributed by atoms with van der Waals surface area (Å²) in [5.74, 6) is -0.171. The molecule has 29 heteroatoms. The van der Waals surface area contributed by atoms with E-state index in [9.17, 15) is 115 Å². The van der Waals surface area contributed by atoms with Gasteiger partial charge in [0, 0.05) is 11.5 Å². The van der Waals surface area contributed by atoms with E-state index in [2.05, 4.69) is 4.98 Å². The molecule has 0 unspecified atom stereocenters. The highest BCUT2D eigenvalue weighted by atomic mass is 19.4. The Hall–Kier alpha value is -7.10. The monoisotopic (exact) mass is 1130 g/mol. The summed E-state index contributed by atoms with van der Waals surface area (Å²) < 4.78 is 342. The SMILES string of the molecule is CC(C)C(=O)c1cncc[n+]1CC(=O)c1ccccc1.FC(F)(F)c1cc([B-](c2cc(C(F)(F)F)cc(C(F)(F)F)c2)(c2cc(C(F)(F)F)cc(C(F)(F)F)c2)c2cc(C(F)(F)F)cc(C(F)(F)F)c2)cc(C(F)(F)F)c1. The van der Waals surface area contributed by atoms with Gasteiger partial charge >= 0.3 is 49.4 Å². The molecule has 0 amide bonds. The molecule has 0 saturated carbocycles.